The van der Waals surface area contributed by atoms with E-state index in [-0.39, 0.29) is 11.3 Å². The van der Waals surface area contributed by atoms with Crippen molar-refractivity contribution in [2.45, 2.75) is 17.7 Å². The fraction of sp³-hybridized carbons (Fsp3) is 1.00. The Morgan fingerprint density at radius 2 is 2.31 bits per heavy atom. The van der Waals surface area contributed by atoms with E-state index in [4.69, 9.17) is 4.74 Å². The van der Waals surface area contributed by atoms with Gasteiger partial charge < -0.3 is 4.74 Å². The molecule has 76 valence electrons. The Bertz CT molecular complexity index is 290. The zero-order valence-corrected chi connectivity index (χ0v) is 8.38. The number of fused-ring (bicyclic) bond motifs is 1. The standard InChI is InChI=1S/C7H14N2O3S/c1-9-5-8-6-4-12-3-2-7(6)13(9,10)11/h6-8H,2-5H2,1H3. The van der Waals surface area contributed by atoms with Crippen molar-refractivity contribution in [1.82, 2.24) is 9.62 Å². The van der Waals surface area contributed by atoms with Crippen molar-refractivity contribution in [2.75, 3.05) is 26.9 Å². The molecule has 1 N–H and O–H groups in total. The van der Waals surface area contributed by atoms with Gasteiger partial charge in [-0.2, -0.15) is 4.31 Å². The zero-order chi connectivity index (χ0) is 9.47. The summed E-state index contributed by atoms with van der Waals surface area (Å²) in [4.78, 5) is 0. The van der Waals surface area contributed by atoms with Gasteiger partial charge in [-0.05, 0) is 6.42 Å². The van der Waals surface area contributed by atoms with Crippen LogP contribution in [0.5, 0.6) is 0 Å². The van der Waals surface area contributed by atoms with E-state index in [0.29, 0.717) is 26.3 Å². The predicted octanol–water partition coefficient (Wildman–Crippen LogP) is -1.03. The van der Waals surface area contributed by atoms with Gasteiger partial charge in [0.2, 0.25) is 10.0 Å². The molecular formula is C7H14N2O3S. The summed E-state index contributed by atoms with van der Waals surface area (Å²) in [5.74, 6) is 0. The summed E-state index contributed by atoms with van der Waals surface area (Å²) in [7, 11) is -1.47. The van der Waals surface area contributed by atoms with Gasteiger partial charge in [0.1, 0.15) is 0 Å². The van der Waals surface area contributed by atoms with Crippen LogP contribution in [0.1, 0.15) is 6.42 Å². The fourth-order valence-corrected chi connectivity index (χ4v) is 3.53. The van der Waals surface area contributed by atoms with E-state index in [0.717, 1.165) is 0 Å². The van der Waals surface area contributed by atoms with Gasteiger partial charge in [0.15, 0.2) is 0 Å². The van der Waals surface area contributed by atoms with Crippen molar-refractivity contribution in [2.24, 2.45) is 0 Å². The maximum atomic E-state index is 11.8. The van der Waals surface area contributed by atoms with Crippen LogP contribution >= 0.6 is 0 Å². The van der Waals surface area contributed by atoms with Gasteiger partial charge in [0.25, 0.3) is 0 Å². The fourth-order valence-electron chi connectivity index (χ4n) is 1.83. The van der Waals surface area contributed by atoms with E-state index in [1.54, 1.807) is 7.05 Å². The lowest BCUT2D eigenvalue weighted by Gasteiger charge is -2.39. The monoisotopic (exact) mass is 206 g/mol. The molecular weight excluding hydrogens is 192 g/mol. The third-order valence-corrected chi connectivity index (χ3v) is 5.01. The van der Waals surface area contributed by atoms with Gasteiger partial charge in [0.05, 0.1) is 18.5 Å². The minimum absolute atomic E-state index is 0.0186. The molecule has 0 aliphatic carbocycles. The molecule has 2 aliphatic heterocycles. The minimum atomic E-state index is -3.07. The van der Waals surface area contributed by atoms with Crippen LogP contribution in [0, 0.1) is 0 Å². The summed E-state index contributed by atoms with van der Waals surface area (Å²) in [6.45, 7) is 1.46. The Morgan fingerprint density at radius 1 is 1.54 bits per heavy atom. The number of hydrogen-bond acceptors (Lipinski definition) is 4. The molecule has 2 aliphatic rings. The van der Waals surface area contributed by atoms with Crippen LogP contribution in [0.25, 0.3) is 0 Å². The number of nitrogens with zero attached hydrogens (tertiary/aromatic N) is 1. The largest absolute Gasteiger partial charge is 0.380 e. The highest BCUT2D eigenvalue weighted by Crippen LogP contribution is 2.22. The summed E-state index contributed by atoms with van der Waals surface area (Å²) >= 11 is 0. The Hall–Kier alpha value is -0.170. The maximum Gasteiger partial charge on any atom is 0.219 e. The Morgan fingerprint density at radius 3 is 3.08 bits per heavy atom. The van der Waals surface area contributed by atoms with E-state index in [2.05, 4.69) is 5.32 Å². The number of ether oxygens (including phenoxy) is 1. The van der Waals surface area contributed by atoms with E-state index in [1.807, 2.05) is 0 Å². The first-order chi connectivity index (χ1) is 6.12. The zero-order valence-electron chi connectivity index (χ0n) is 7.56. The summed E-state index contributed by atoms with van der Waals surface area (Å²) in [5, 5.41) is 2.86. The molecule has 0 saturated carbocycles. The second-order valence-electron chi connectivity index (χ2n) is 3.51. The molecule has 13 heavy (non-hydrogen) atoms. The minimum Gasteiger partial charge on any atom is -0.380 e. The average molecular weight is 206 g/mol. The van der Waals surface area contributed by atoms with E-state index in [9.17, 15) is 8.42 Å². The molecule has 0 amide bonds. The summed E-state index contributed by atoms with van der Waals surface area (Å²) < 4.78 is 30.2. The summed E-state index contributed by atoms with van der Waals surface area (Å²) in [6, 6.07) is -0.0186. The van der Waals surface area contributed by atoms with Crippen LogP contribution < -0.4 is 5.32 Å². The van der Waals surface area contributed by atoms with Gasteiger partial charge in [-0.25, -0.2) is 8.42 Å². The molecule has 0 spiro atoms. The van der Waals surface area contributed by atoms with Crippen molar-refractivity contribution in [1.29, 1.82) is 0 Å². The van der Waals surface area contributed by atoms with Gasteiger partial charge in [-0.3, -0.25) is 5.32 Å². The molecule has 2 heterocycles. The normalized spacial score (nSPS) is 39.8. The van der Waals surface area contributed by atoms with Crippen molar-refractivity contribution >= 4 is 10.0 Å². The van der Waals surface area contributed by atoms with Gasteiger partial charge in [-0.15, -0.1) is 0 Å². The van der Waals surface area contributed by atoms with E-state index in [1.165, 1.54) is 4.31 Å². The van der Waals surface area contributed by atoms with Crippen LogP contribution in [0.15, 0.2) is 0 Å². The van der Waals surface area contributed by atoms with Crippen LogP contribution in [0.2, 0.25) is 0 Å². The molecule has 6 heteroatoms. The highest BCUT2D eigenvalue weighted by molar-refractivity contribution is 7.89. The van der Waals surface area contributed by atoms with Crippen molar-refractivity contribution in [3.05, 3.63) is 0 Å². The maximum absolute atomic E-state index is 11.8. The molecule has 2 fully saturated rings. The quantitative estimate of drug-likeness (QED) is 0.550. The molecule has 5 nitrogen and oxygen atoms in total. The molecule has 0 bridgehead atoms. The first-order valence-electron chi connectivity index (χ1n) is 4.38. The number of hydrogen-bond donors (Lipinski definition) is 1. The van der Waals surface area contributed by atoms with Crippen LogP contribution in [-0.2, 0) is 14.8 Å². The molecule has 2 rings (SSSR count). The average Bonchev–Trinajstić information content (AvgIpc) is 2.13. The SMILES string of the molecule is CN1CNC2COCCC2S1(=O)=O. The smallest absolute Gasteiger partial charge is 0.219 e. The Kier molecular flexibility index (Phi) is 2.31. The molecule has 2 saturated heterocycles. The number of rotatable bonds is 0. The molecule has 0 aromatic carbocycles. The van der Waals surface area contributed by atoms with E-state index >= 15 is 0 Å². The topological polar surface area (TPSA) is 58.6 Å². The van der Waals surface area contributed by atoms with E-state index < -0.39 is 10.0 Å². The number of sulfonamides is 1. The third-order valence-electron chi connectivity index (χ3n) is 2.69. The lowest BCUT2D eigenvalue weighted by molar-refractivity contribution is 0.0633. The number of nitrogens with one attached hydrogen (secondary N) is 1. The molecule has 0 radical (unpaired) electrons. The summed E-state index contributed by atoms with van der Waals surface area (Å²) in [6.07, 6.45) is 0.602. The van der Waals surface area contributed by atoms with Crippen molar-refractivity contribution in [3.63, 3.8) is 0 Å². The first kappa shape index (κ1) is 9.39. The first-order valence-corrected chi connectivity index (χ1v) is 5.89. The lowest BCUT2D eigenvalue weighted by atomic mass is 10.1. The van der Waals surface area contributed by atoms with Crippen LogP contribution in [0.3, 0.4) is 0 Å². The van der Waals surface area contributed by atoms with Crippen LogP contribution in [0.4, 0.5) is 0 Å². The molecule has 2 unspecified atom stereocenters. The lowest BCUT2D eigenvalue weighted by Crippen LogP contribution is -2.61. The van der Waals surface area contributed by atoms with Crippen LogP contribution in [-0.4, -0.2) is 50.9 Å². The Balaban J connectivity index is 2.25. The Labute approximate surface area is 78.1 Å². The second kappa shape index (κ2) is 3.20. The molecule has 0 aromatic rings. The molecule has 2 atom stereocenters. The van der Waals surface area contributed by atoms with Gasteiger partial charge in [0, 0.05) is 19.7 Å². The van der Waals surface area contributed by atoms with Gasteiger partial charge in [-0.1, -0.05) is 0 Å². The summed E-state index contributed by atoms with van der Waals surface area (Å²) in [5.41, 5.74) is 0. The highest BCUT2D eigenvalue weighted by Gasteiger charge is 2.41. The second-order valence-corrected chi connectivity index (χ2v) is 5.77. The van der Waals surface area contributed by atoms with Crippen molar-refractivity contribution < 1.29 is 13.2 Å². The van der Waals surface area contributed by atoms with Gasteiger partial charge >= 0.3 is 0 Å². The predicted molar refractivity (Wildman–Crippen MR) is 47.7 cm³/mol. The third kappa shape index (κ3) is 1.48. The highest BCUT2D eigenvalue weighted by atomic mass is 32.2. The molecule has 0 aromatic heterocycles. The van der Waals surface area contributed by atoms with Crippen molar-refractivity contribution in [3.8, 4) is 0 Å².